The van der Waals surface area contributed by atoms with Crippen LogP contribution in [-0.2, 0) is 16.6 Å². The highest BCUT2D eigenvalue weighted by molar-refractivity contribution is 9.10. The van der Waals surface area contributed by atoms with Crippen LogP contribution in [0.1, 0.15) is 5.76 Å². The van der Waals surface area contributed by atoms with Crippen molar-refractivity contribution in [1.29, 1.82) is 0 Å². The predicted molar refractivity (Wildman–Crippen MR) is 83.0 cm³/mol. The van der Waals surface area contributed by atoms with Gasteiger partial charge in [0.1, 0.15) is 11.5 Å². The highest BCUT2D eigenvalue weighted by Crippen LogP contribution is 2.30. The highest BCUT2D eigenvalue weighted by atomic mass is 79.9. The number of ether oxygens (including phenoxy) is 1. The maximum atomic E-state index is 12.3. The average molecular weight is 375 g/mol. The van der Waals surface area contributed by atoms with E-state index in [0.29, 0.717) is 23.7 Å². The summed E-state index contributed by atoms with van der Waals surface area (Å²) in [5.41, 5.74) is 0.332. The van der Waals surface area contributed by atoms with Gasteiger partial charge in [-0.05, 0) is 37.4 Å². The fourth-order valence-electron chi connectivity index (χ4n) is 1.73. The van der Waals surface area contributed by atoms with Crippen molar-refractivity contribution in [2.75, 3.05) is 18.9 Å². The zero-order valence-electron chi connectivity index (χ0n) is 11.5. The van der Waals surface area contributed by atoms with Crippen LogP contribution >= 0.6 is 15.9 Å². The van der Waals surface area contributed by atoms with Gasteiger partial charge in [-0.2, -0.15) is 8.42 Å². The number of nitrogens with one attached hydrogen (secondary N) is 2. The summed E-state index contributed by atoms with van der Waals surface area (Å²) in [5.74, 6) is 0.961. The summed E-state index contributed by atoms with van der Waals surface area (Å²) >= 11 is 3.29. The van der Waals surface area contributed by atoms with Gasteiger partial charge in [-0.3, -0.25) is 4.72 Å². The lowest BCUT2D eigenvalue weighted by Gasteiger charge is -2.10. The molecule has 1 aromatic carbocycles. The fourth-order valence-corrected chi connectivity index (χ4v) is 3.10. The van der Waals surface area contributed by atoms with E-state index in [9.17, 15) is 8.42 Å². The molecule has 6 nitrogen and oxygen atoms in total. The van der Waals surface area contributed by atoms with E-state index >= 15 is 0 Å². The van der Waals surface area contributed by atoms with Gasteiger partial charge < -0.3 is 14.5 Å². The number of sulfonamides is 1. The summed E-state index contributed by atoms with van der Waals surface area (Å²) in [7, 11) is -0.583. The first-order valence-corrected chi connectivity index (χ1v) is 8.33. The predicted octanol–water partition coefficient (Wildman–Crippen LogP) is 2.57. The Balaban J connectivity index is 2.30. The number of anilines is 1. The van der Waals surface area contributed by atoms with Crippen LogP contribution in [0, 0.1) is 0 Å². The maximum absolute atomic E-state index is 12.3. The van der Waals surface area contributed by atoms with Crippen molar-refractivity contribution in [3.05, 3.63) is 40.6 Å². The largest absolute Gasteiger partial charge is 0.495 e. The van der Waals surface area contributed by atoms with Crippen LogP contribution in [0.5, 0.6) is 5.75 Å². The van der Waals surface area contributed by atoms with E-state index in [2.05, 4.69) is 26.0 Å². The number of methoxy groups -OCH3 is 1. The van der Waals surface area contributed by atoms with E-state index < -0.39 is 10.0 Å². The molecule has 2 rings (SSSR count). The van der Waals surface area contributed by atoms with Crippen molar-refractivity contribution in [2.45, 2.75) is 11.6 Å². The Bertz CT molecular complexity index is 728. The third kappa shape index (κ3) is 3.78. The van der Waals surface area contributed by atoms with E-state index in [-0.39, 0.29) is 5.09 Å². The third-order valence-corrected chi connectivity index (χ3v) is 4.39. The summed E-state index contributed by atoms with van der Waals surface area (Å²) in [6.07, 6.45) is 0. The normalized spacial score (nSPS) is 11.4. The minimum Gasteiger partial charge on any atom is -0.495 e. The van der Waals surface area contributed by atoms with Crippen molar-refractivity contribution in [3.63, 3.8) is 0 Å². The second kappa shape index (κ2) is 6.50. The summed E-state index contributed by atoms with van der Waals surface area (Å²) in [6.45, 7) is 0.454. The van der Waals surface area contributed by atoms with Gasteiger partial charge in [-0.1, -0.05) is 15.9 Å². The number of furan rings is 1. The molecule has 0 saturated carbocycles. The Morgan fingerprint density at radius 3 is 2.71 bits per heavy atom. The van der Waals surface area contributed by atoms with Crippen molar-refractivity contribution in [2.24, 2.45) is 0 Å². The fraction of sp³-hybridized carbons (Fsp3) is 0.231. The summed E-state index contributed by atoms with van der Waals surface area (Å²) < 4.78 is 38.2. The Morgan fingerprint density at radius 2 is 2.05 bits per heavy atom. The van der Waals surface area contributed by atoms with E-state index in [0.717, 1.165) is 4.47 Å². The quantitative estimate of drug-likeness (QED) is 0.811. The molecule has 1 aromatic heterocycles. The molecular weight excluding hydrogens is 360 g/mol. The van der Waals surface area contributed by atoms with Gasteiger partial charge in [0.2, 0.25) is 5.09 Å². The van der Waals surface area contributed by atoms with Gasteiger partial charge in [0.05, 0.1) is 19.3 Å². The molecule has 0 atom stereocenters. The molecule has 114 valence electrons. The van der Waals surface area contributed by atoms with Crippen molar-refractivity contribution in [3.8, 4) is 5.75 Å². The van der Waals surface area contributed by atoms with Crippen LogP contribution in [0.15, 0.2) is 44.3 Å². The molecule has 0 saturated heterocycles. The lowest BCUT2D eigenvalue weighted by Crippen LogP contribution is -2.13. The number of hydrogen-bond acceptors (Lipinski definition) is 5. The molecule has 8 heteroatoms. The second-order valence-electron chi connectivity index (χ2n) is 4.20. The molecule has 0 aliphatic rings. The summed E-state index contributed by atoms with van der Waals surface area (Å²) in [6, 6.07) is 8.07. The lowest BCUT2D eigenvalue weighted by molar-refractivity contribution is 0.407. The average Bonchev–Trinajstić information content (AvgIpc) is 2.88. The molecule has 0 fully saturated rings. The van der Waals surface area contributed by atoms with Crippen LogP contribution in [0.2, 0.25) is 0 Å². The van der Waals surface area contributed by atoms with E-state index in [1.54, 1.807) is 31.3 Å². The van der Waals surface area contributed by atoms with Gasteiger partial charge in [0, 0.05) is 4.47 Å². The molecule has 0 unspecified atom stereocenters. The van der Waals surface area contributed by atoms with Gasteiger partial charge in [0.15, 0.2) is 0 Å². The van der Waals surface area contributed by atoms with Gasteiger partial charge in [-0.15, -0.1) is 0 Å². The monoisotopic (exact) mass is 374 g/mol. The molecule has 0 aliphatic carbocycles. The first kappa shape index (κ1) is 15.9. The summed E-state index contributed by atoms with van der Waals surface area (Å²) in [5, 5.41) is 2.75. The molecule has 2 aromatic rings. The van der Waals surface area contributed by atoms with Gasteiger partial charge in [-0.25, -0.2) is 0 Å². The van der Waals surface area contributed by atoms with Crippen LogP contribution in [0.4, 0.5) is 5.69 Å². The molecule has 0 spiro atoms. The van der Waals surface area contributed by atoms with Gasteiger partial charge in [0.25, 0.3) is 10.0 Å². The zero-order valence-corrected chi connectivity index (χ0v) is 13.9. The molecule has 1 heterocycles. The first-order chi connectivity index (χ1) is 9.96. The van der Waals surface area contributed by atoms with Crippen molar-refractivity contribution < 1.29 is 17.6 Å². The number of benzene rings is 1. The molecule has 0 aliphatic heterocycles. The third-order valence-electron chi connectivity index (χ3n) is 2.66. The highest BCUT2D eigenvalue weighted by Gasteiger charge is 2.20. The topological polar surface area (TPSA) is 80.6 Å². The molecule has 21 heavy (non-hydrogen) atoms. The van der Waals surface area contributed by atoms with E-state index in [1.807, 2.05) is 0 Å². The maximum Gasteiger partial charge on any atom is 0.295 e. The van der Waals surface area contributed by atoms with E-state index in [4.69, 9.17) is 9.15 Å². The summed E-state index contributed by atoms with van der Waals surface area (Å²) in [4.78, 5) is 0. The van der Waals surface area contributed by atoms with E-state index in [1.165, 1.54) is 13.2 Å². The number of rotatable bonds is 6. The number of halogens is 1. The first-order valence-electron chi connectivity index (χ1n) is 6.06. The van der Waals surface area contributed by atoms with Gasteiger partial charge >= 0.3 is 0 Å². The molecule has 0 bridgehead atoms. The van der Waals surface area contributed by atoms with Crippen LogP contribution in [-0.4, -0.2) is 22.6 Å². The minimum absolute atomic E-state index is 0.144. The smallest absolute Gasteiger partial charge is 0.295 e. The molecule has 0 amide bonds. The molecule has 0 radical (unpaired) electrons. The SMILES string of the molecule is CNCc1ccc(S(=O)(=O)Nc2cc(Br)ccc2OC)o1. The Labute approximate surface area is 131 Å². The standard InChI is InChI=1S/C13H15BrN2O4S/c1-15-8-10-4-6-13(20-10)21(17,18)16-11-7-9(14)3-5-12(11)19-2/h3-7,15-16H,8H2,1-2H3. The Kier molecular flexibility index (Phi) is 4.92. The second-order valence-corrected chi connectivity index (χ2v) is 6.73. The van der Waals surface area contributed by atoms with Crippen LogP contribution < -0.4 is 14.8 Å². The Morgan fingerprint density at radius 1 is 1.29 bits per heavy atom. The Hall–Kier alpha value is -1.51. The van der Waals surface area contributed by atoms with Crippen LogP contribution in [0.3, 0.4) is 0 Å². The van der Waals surface area contributed by atoms with Crippen molar-refractivity contribution >= 4 is 31.6 Å². The minimum atomic E-state index is -3.81. The van der Waals surface area contributed by atoms with Crippen LogP contribution in [0.25, 0.3) is 0 Å². The van der Waals surface area contributed by atoms with Crippen molar-refractivity contribution in [1.82, 2.24) is 5.32 Å². The number of hydrogen-bond donors (Lipinski definition) is 2. The molecular formula is C13H15BrN2O4S. The zero-order chi connectivity index (χ0) is 15.5. The molecule has 2 N–H and O–H groups in total. The lowest BCUT2D eigenvalue weighted by atomic mass is 10.3.